The van der Waals surface area contributed by atoms with Crippen LogP contribution in [0.2, 0.25) is 0 Å². The molecule has 0 radical (unpaired) electrons. The van der Waals surface area contributed by atoms with Gasteiger partial charge in [-0.1, -0.05) is 164 Å². The normalized spacial score (nSPS) is 18.9. The first-order chi connectivity index (χ1) is 25.3. The van der Waals surface area contributed by atoms with E-state index in [9.17, 15) is 0 Å². The predicted octanol–water partition coefficient (Wildman–Crippen LogP) is 12.9. The van der Waals surface area contributed by atoms with E-state index in [1.807, 2.05) is 0 Å². The molecule has 2 nitrogen and oxygen atoms in total. The minimum Gasteiger partial charge on any atom is -0.454 e. The molecule has 1 heterocycles. The first-order valence-corrected chi connectivity index (χ1v) is 17.8. The zero-order valence-electron chi connectivity index (χ0n) is 28.1. The van der Waals surface area contributed by atoms with E-state index < -0.39 is 5.41 Å². The van der Waals surface area contributed by atoms with Gasteiger partial charge in [0.25, 0.3) is 0 Å². The molecule has 2 aliphatic rings. The van der Waals surface area contributed by atoms with Gasteiger partial charge < -0.3 is 9.32 Å². The molecule has 7 aromatic carbocycles. The lowest BCUT2D eigenvalue weighted by atomic mass is 9.62. The Balaban J connectivity index is 1.26. The summed E-state index contributed by atoms with van der Waals surface area (Å²) < 4.78 is 6.85. The van der Waals surface area contributed by atoms with Crippen molar-refractivity contribution in [3.05, 3.63) is 222 Å². The van der Waals surface area contributed by atoms with Gasteiger partial charge in [0, 0.05) is 28.3 Å². The van der Waals surface area contributed by atoms with Gasteiger partial charge in [0.2, 0.25) is 0 Å². The fourth-order valence-electron chi connectivity index (χ4n) is 8.93. The molecule has 0 spiro atoms. The molecular formula is C49H35NO. The molecule has 2 heteroatoms. The Morgan fingerprint density at radius 3 is 1.98 bits per heavy atom. The number of anilines is 3. The Morgan fingerprint density at radius 2 is 1.16 bits per heavy atom. The zero-order valence-corrected chi connectivity index (χ0v) is 28.1. The summed E-state index contributed by atoms with van der Waals surface area (Å²) in [6, 6.07) is 63.7. The molecule has 1 aromatic heterocycles. The minimum absolute atomic E-state index is 0.194. The number of rotatable bonds is 6. The molecule has 0 saturated carbocycles. The van der Waals surface area contributed by atoms with Crippen LogP contribution in [0, 0.1) is 5.92 Å². The van der Waals surface area contributed by atoms with Gasteiger partial charge >= 0.3 is 0 Å². The first-order valence-electron chi connectivity index (χ1n) is 17.8. The monoisotopic (exact) mass is 653 g/mol. The van der Waals surface area contributed by atoms with Crippen LogP contribution in [0.3, 0.4) is 0 Å². The molecule has 0 bridgehead atoms. The summed E-state index contributed by atoms with van der Waals surface area (Å²) >= 11 is 0. The van der Waals surface area contributed by atoms with Crippen LogP contribution in [0.5, 0.6) is 0 Å². The molecule has 0 N–H and O–H groups in total. The molecule has 0 fully saturated rings. The van der Waals surface area contributed by atoms with Gasteiger partial charge in [-0.3, -0.25) is 0 Å². The summed E-state index contributed by atoms with van der Waals surface area (Å²) in [4.78, 5) is 2.42. The van der Waals surface area contributed by atoms with E-state index in [-0.39, 0.29) is 11.8 Å². The van der Waals surface area contributed by atoms with Gasteiger partial charge in [0.05, 0.1) is 16.8 Å². The average Bonchev–Trinajstić information content (AvgIpc) is 3.74. The van der Waals surface area contributed by atoms with Gasteiger partial charge in [-0.15, -0.1) is 0 Å². The predicted molar refractivity (Wildman–Crippen MR) is 211 cm³/mol. The lowest BCUT2D eigenvalue weighted by Crippen LogP contribution is -2.36. The van der Waals surface area contributed by atoms with Crippen molar-refractivity contribution in [2.24, 2.45) is 5.92 Å². The van der Waals surface area contributed by atoms with Gasteiger partial charge in [0.1, 0.15) is 5.58 Å². The molecule has 51 heavy (non-hydrogen) atoms. The van der Waals surface area contributed by atoms with Crippen LogP contribution in [0.4, 0.5) is 17.1 Å². The van der Waals surface area contributed by atoms with Gasteiger partial charge in [0.15, 0.2) is 5.58 Å². The Labute approximate surface area is 298 Å². The third-order valence-electron chi connectivity index (χ3n) is 11.0. The van der Waals surface area contributed by atoms with Gasteiger partial charge in [-0.05, 0) is 69.8 Å². The van der Waals surface area contributed by atoms with E-state index in [1.54, 1.807) is 0 Å². The smallest absolute Gasteiger partial charge is 0.159 e. The summed E-state index contributed by atoms with van der Waals surface area (Å²) in [6.45, 7) is 0. The van der Waals surface area contributed by atoms with Crippen LogP contribution in [0.1, 0.15) is 28.2 Å². The molecular weight excluding hydrogens is 619 g/mol. The highest BCUT2D eigenvalue weighted by Crippen LogP contribution is 2.61. The highest BCUT2D eigenvalue weighted by molar-refractivity contribution is 6.11. The zero-order chi connectivity index (χ0) is 33.8. The van der Waals surface area contributed by atoms with Crippen LogP contribution in [0.25, 0.3) is 33.1 Å². The number of nitrogens with zero attached hydrogens (tertiary/aromatic N) is 1. The largest absolute Gasteiger partial charge is 0.454 e. The third-order valence-corrected chi connectivity index (χ3v) is 11.0. The van der Waals surface area contributed by atoms with E-state index in [0.29, 0.717) is 0 Å². The molecule has 0 saturated heterocycles. The molecule has 3 atom stereocenters. The summed E-state index contributed by atoms with van der Waals surface area (Å²) in [5, 5.41) is 2.21. The van der Waals surface area contributed by atoms with Crippen LogP contribution >= 0.6 is 0 Å². The maximum Gasteiger partial charge on any atom is 0.159 e. The first kappa shape index (κ1) is 29.5. The third kappa shape index (κ3) is 4.50. The van der Waals surface area contributed by atoms with Crippen molar-refractivity contribution in [3.8, 4) is 11.1 Å². The summed E-state index contributed by atoms with van der Waals surface area (Å²) in [7, 11) is 0. The number of furan rings is 1. The second kappa shape index (κ2) is 11.9. The SMILES string of the molecule is C1=CC2c3ccccc3C(c3ccccc3)(c3ccccc3N(c3ccccc3)c3cccc4c3oc3ccc(-c5ccccc5)cc34)C2C=C1. The van der Waals surface area contributed by atoms with Crippen molar-refractivity contribution in [2.75, 3.05) is 4.90 Å². The van der Waals surface area contributed by atoms with Crippen molar-refractivity contribution in [2.45, 2.75) is 11.3 Å². The topological polar surface area (TPSA) is 16.4 Å². The number of hydrogen-bond acceptors (Lipinski definition) is 2. The molecule has 0 aliphatic heterocycles. The van der Waals surface area contributed by atoms with Crippen LogP contribution in [-0.4, -0.2) is 0 Å². The molecule has 2 aliphatic carbocycles. The lowest BCUT2D eigenvalue weighted by Gasteiger charge is -2.41. The van der Waals surface area contributed by atoms with Crippen LogP contribution < -0.4 is 4.90 Å². The second-order valence-corrected chi connectivity index (χ2v) is 13.6. The lowest BCUT2D eigenvalue weighted by molar-refractivity contribution is 0.457. The highest BCUT2D eigenvalue weighted by atomic mass is 16.3. The number of hydrogen-bond donors (Lipinski definition) is 0. The van der Waals surface area contributed by atoms with Crippen molar-refractivity contribution < 1.29 is 4.42 Å². The van der Waals surface area contributed by atoms with Crippen molar-refractivity contribution in [3.63, 3.8) is 0 Å². The van der Waals surface area contributed by atoms with E-state index >= 15 is 0 Å². The van der Waals surface area contributed by atoms with Crippen molar-refractivity contribution in [1.82, 2.24) is 0 Å². The molecule has 10 rings (SSSR count). The molecule has 3 unspecified atom stereocenters. The molecule has 0 amide bonds. The highest BCUT2D eigenvalue weighted by Gasteiger charge is 2.54. The molecule has 242 valence electrons. The van der Waals surface area contributed by atoms with Crippen LogP contribution in [-0.2, 0) is 5.41 Å². The van der Waals surface area contributed by atoms with E-state index in [2.05, 4.69) is 205 Å². The Bertz CT molecular complexity index is 2600. The number of fused-ring (bicyclic) bond motifs is 6. The second-order valence-electron chi connectivity index (χ2n) is 13.6. The minimum atomic E-state index is -0.445. The quantitative estimate of drug-likeness (QED) is 0.178. The maximum atomic E-state index is 6.85. The summed E-state index contributed by atoms with van der Waals surface area (Å²) in [6.07, 6.45) is 9.28. The van der Waals surface area contributed by atoms with E-state index in [0.717, 1.165) is 39.0 Å². The Morgan fingerprint density at radius 1 is 0.490 bits per heavy atom. The summed E-state index contributed by atoms with van der Waals surface area (Å²) in [5.41, 5.74) is 12.2. The van der Waals surface area contributed by atoms with E-state index in [1.165, 1.54) is 33.4 Å². The number of allylic oxidation sites excluding steroid dienone is 4. The Hall–Kier alpha value is -6.38. The van der Waals surface area contributed by atoms with Crippen molar-refractivity contribution >= 4 is 39.0 Å². The number of benzene rings is 7. The summed E-state index contributed by atoms with van der Waals surface area (Å²) in [5.74, 6) is 0.460. The maximum absolute atomic E-state index is 6.85. The number of para-hydroxylation sites is 3. The van der Waals surface area contributed by atoms with Gasteiger partial charge in [-0.2, -0.15) is 0 Å². The van der Waals surface area contributed by atoms with Gasteiger partial charge in [-0.25, -0.2) is 0 Å². The van der Waals surface area contributed by atoms with E-state index in [4.69, 9.17) is 4.42 Å². The average molecular weight is 654 g/mol. The van der Waals surface area contributed by atoms with Crippen molar-refractivity contribution in [1.29, 1.82) is 0 Å². The van der Waals surface area contributed by atoms with Crippen LogP contribution in [0.15, 0.2) is 205 Å². The standard InChI is InChI=1S/C49H35NO/c1-4-17-34(18-5-1)35-31-32-47-41(33-35)40-25-16-30-46(48(40)51-47)50(37-21-8-3-9-22-37)45-29-15-14-28-44(45)49(36-19-6-2-7-20-36)42-26-12-10-23-38(42)39-24-11-13-27-43(39)49/h1-33,38,42H. The fourth-order valence-corrected chi connectivity index (χ4v) is 8.93. The molecule has 8 aromatic rings. The fraction of sp³-hybridized carbons (Fsp3) is 0.0612. The Kier molecular flexibility index (Phi) is 6.89.